The Labute approximate surface area is 163 Å². The van der Waals surface area contributed by atoms with Gasteiger partial charge in [-0.15, -0.1) is 0 Å². The fraction of sp³-hybridized carbons (Fsp3) is 0.333. The van der Waals surface area contributed by atoms with Crippen molar-refractivity contribution in [3.63, 3.8) is 0 Å². The van der Waals surface area contributed by atoms with Crippen LogP contribution in [0.15, 0.2) is 48.5 Å². The molecule has 150 valence electrons. The summed E-state index contributed by atoms with van der Waals surface area (Å²) in [6, 6.07) is 13.6. The van der Waals surface area contributed by atoms with Gasteiger partial charge in [-0.2, -0.15) is 0 Å². The second-order valence-corrected chi connectivity index (χ2v) is 6.45. The molecule has 0 saturated carbocycles. The van der Waals surface area contributed by atoms with Crippen LogP contribution in [0, 0.1) is 13.8 Å². The van der Waals surface area contributed by atoms with Gasteiger partial charge < -0.3 is 24.8 Å². The first-order valence-electron chi connectivity index (χ1n) is 8.81. The molecule has 7 heteroatoms. The maximum Gasteiger partial charge on any atom is 0.338 e. The SMILES string of the molecule is Cc1ccccc1C(=O)OCC(O)C(O)C(O)COC(=O)c1ccccc1C. The number of rotatable bonds is 8. The number of aliphatic hydroxyl groups is 3. The number of benzene rings is 2. The minimum absolute atomic E-state index is 0.344. The van der Waals surface area contributed by atoms with Crippen LogP contribution in [-0.4, -0.2) is 58.8 Å². The Balaban J connectivity index is 1.82. The molecule has 0 aliphatic heterocycles. The number of esters is 2. The summed E-state index contributed by atoms with van der Waals surface area (Å²) in [6.45, 7) is 2.46. The summed E-state index contributed by atoms with van der Waals surface area (Å²) in [5.74, 6) is -1.30. The highest BCUT2D eigenvalue weighted by Gasteiger charge is 2.27. The molecule has 0 saturated heterocycles. The van der Waals surface area contributed by atoms with Crippen LogP contribution < -0.4 is 0 Å². The van der Waals surface area contributed by atoms with E-state index in [2.05, 4.69) is 0 Å². The number of ether oxygens (including phenoxy) is 2. The van der Waals surface area contributed by atoms with E-state index in [9.17, 15) is 24.9 Å². The molecule has 2 unspecified atom stereocenters. The molecule has 0 spiro atoms. The molecule has 0 bridgehead atoms. The summed E-state index contributed by atoms with van der Waals surface area (Å²) in [7, 11) is 0. The Morgan fingerprint density at radius 3 is 1.46 bits per heavy atom. The standard InChI is InChI=1S/C21H24O7/c1-13-7-3-5-9-15(13)20(25)27-11-17(22)19(24)18(23)12-28-21(26)16-10-6-4-8-14(16)2/h3-10,17-19,22-24H,11-12H2,1-2H3. The Hall–Kier alpha value is -2.74. The number of hydrogen-bond donors (Lipinski definition) is 3. The fourth-order valence-electron chi connectivity index (χ4n) is 2.54. The third kappa shape index (κ3) is 5.63. The summed E-state index contributed by atoms with van der Waals surface area (Å²) >= 11 is 0. The van der Waals surface area contributed by atoms with Crippen molar-refractivity contribution in [2.75, 3.05) is 13.2 Å². The lowest BCUT2D eigenvalue weighted by atomic mass is 10.1. The number of hydrogen-bond acceptors (Lipinski definition) is 7. The zero-order valence-electron chi connectivity index (χ0n) is 15.7. The Kier molecular flexibility index (Phi) is 7.69. The first-order chi connectivity index (χ1) is 13.3. The fourth-order valence-corrected chi connectivity index (χ4v) is 2.54. The second-order valence-electron chi connectivity index (χ2n) is 6.45. The third-order valence-electron chi connectivity index (χ3n) is 4.29. The van der Waals surface area contributed by atoms with Crippen molar-refractivity contribution in [3.05, 3.63) is 70.8 Å². The van der Waals surface area contributed by atoms with Crippen LogP contribution in [0.1, 0.15) is 31.8 Å². The van der Waals surface area contributed by atoms with Crippen LogP contribution in [0.3, 0.4) is 0 Å². The molecular weight excluding hydrogens is 364 g/mol. The van der Waals surface area contributed by atoms with E-state index in [-0.39, 0.29) is 0 Å². The number of aryl methyl sites for hydroxylation is 2. The molecule has 0 aliphatic rings. The summed E-state index contributed by atoms with van der Waals surface area (Å²) in [6.07, 6.45) is -4.74. The smallest absolute Gasteiger partial charge is 0.338 e. The highest BCUT2D eigenvalue weighted by molar-refractivity contribution is 5.91. The van der Waals surface area contributed by atoms with Crippen LogP contribution in [-0.2, 0) is 9.47 Å². The van der Waals surface area contributed by atoms with Gasteiger partial charge >= 0.3 is 11.9 Å². The van der Waals surface area contributed by atoms with Crippen molar-refractivity contribution in [1.82, 2.24) is 0 Å². The average molecular weight is 388 g/mol. The predicted molar refractivity (Wildman–Crippen MR) is 101 cm³/mol. The van der Waals surface area contributed by atoms with Crippen molar-refractivity contribution in [3.8, 4) is 0 Å². The molecule has 0 amide bonds. The molecule has 7 nitrogen and oxygen atoms in total. The van der Waals surface area contributed by atoms with E-state index in [1.165, 1.54) is 0 Å². The molecule has 0 aliphatic carbocycles. The minimum Gasteiger partial charge on any atom is -0.459 e. The van der Waals surface area contributed by atoms with Crippen molar-refractivity contribution < 1.29 is 34.4 Å². The minimum atomic E-state index is -1.66. The molecule has 28 heavy (non-hydrogen) atoms. The first-order valence-corrected chi connectivity index (χ1v) is 8.81. The van der Waals surface area contributed by atoms with Gasteiger partial charge in [-0.25, -0.2) is 9.59 Å². The molecule has 0 radical (unpaired) electrons. The zero-order chi connectivity index (χ0) is 20.7. The molecular formula is C21H24O7. The maximum absolute atomic E-state index is 12.0. The van der Waals surface area contributed by atoms with Crippen molar-refractivity contribution >= 4 is 11.9 Å². The van der Waals surface area contributed by atoms with E-state index < -0.39 is 43.5 Å². The monoisotopic (exact) mass is 388 g/mol. The largest absolute Gasteiger partial charge is 0.459 e. The van der Waals surface area contributed by atoms with Crippen molar-refractivity contribution in [2.24, 2.45) is 0 Å². The van der Waals surface area contributed by atoms with E-state index in [4.69, 9.17) is 9.47 Å². The lowest BCUT2D eigenvalue weighted by Crippen LogP contribution is -2.43. The Morgan fingerprint density at radius 2 is 1.11 bits per heavy atom. The van der Waals surface area contributed by atoms with Gasteiger partial charge in [0.1, 0.15) is 31.5 Å². The summed E-state index contributed by atoms with van der Waals surface area (Å²) in [5, 5.41) is 29.9. The van der Waals surface area contributed by atoms with Gasteiger partial charge in [0.05, 0.1) is 11.1 Å². The predicted octanol–water partition coefficient (Wildman–Crippen LogP) is 1.40. The van der Waals surface area contributed by atoms with Crippen molar-refractivity contribution in [1.29, 1.82) is 0 Å². The van der Waals surface area contributed by atoms with Crippen LogP contribution in [0.4, 0.5) is 0 Å². The van der Waals surface area contributed by atoms with E-state index in [1.807, 2.05) is 0 Å². The maximum atomic E-state index is 12.0. The molecule has 2 aromatic carbocycles. The topological polar surface area (TPSA) is 113 Å². The van der Waals surface area contributed by atoms with Gasteiger partial charge in [-0.05, 0) is 37.1 Å². The van der Waals surface area contributed by atoms with Crippen molar-refractivity contribution in [2.45, 2.75) is 32.2 Å². The van der Waals surface area contributed by atoms with Gasteiger partial charge in [-0.1, -0.05) is 36.4 Å². The molecule has 0 aromatic heterocycles. The Bertz CT molecular complexity index is 750. The first kappa shape index (κ1) is 21.6. The highest BCUT2D eigenvalue weighted by Crippen LogP contribution is 2.11. The van der Waals surface area contributed by atoms with Gasteiger partial charge in [0.15, 0.2) is 0 Å². The molecule has 2 atom stereocenters. The van der Waals surface area contributed by atoms with Crippen LogP contribution >= 0.6 is 0 Å². The number of carbonyl (C=O) groups excluding carboxylic acids is 2. The quantitative estimate of drug-likeness (QED) is 0.586. The van der Waals surface area contributed by atoms with Crippen LogP contribution in [0.2, 0.25) is 0 Å². The van der Waals surface area contributed by atoms with Gasteiger partial charge in [0, 0.05) is 0 Å². The molecule has 2 rings (SSSR count). The lowest BCUT2D eigenvalue weighted by molar-refractivity contribution is -0.0948. The molecule has 2 aromatic rings. The summed E-state index contributed by atoms with van der Waals surface area (Å²) in [4.78, 5) is 24.0. The van der Waals surface area contributed by atoms with E-state index in [0.717, 1.165) is 0 Å². The second kappa shape index (κ2) is 9.98. The lowest BCUT2D eigenvalue weighted by Gasteiger charge is -2.22. The van der Waals surface area contributed by atoms with Gasteiger partial charge in [0.2, 0.25) is 0 Å². The zero-order valence-corrected chi connectivity index (χ0v) is 15.7. The molecule has 0 fully saturated rings. The Morgan fingerprint density at radius 1 is 0.750 bits per heavy atom. The average Bonchev–Trinajstić information content (AvgIpc) is 2.69. The van der Waals surface area contributed by atoms with Crippen LogP contribution in [0.25, 0.3) is 0 Å². The molecule has 3 N–H and O–H groups in total. The van der Waals surface area contributed by atoms with Crippen LogP contribution in [0.5, 0.6) is 0 Å². The summed E-state index contributed by atoms with van der Waals surface area (Å²) < 4.78 is 9.97. The number of aliphatic hydroxyl groups excluding tert-OH is 3. The summed E-state index contributed by atoms with van der Waals surface area (Å²) in [5.41, 5.74) is 2.12. The normalized spacial score (nSPS) is 14.0. The third-order valence-corrected chi connectivity index (χ3v) is 4.29. The van der Waals surface area contributed by atoms with E-state index in [0.29, 0.717) is 22.3 Å². The number of carbonyl (C=O) groups is 2. The van der Waals surface area contributed by atoms with E-state index >= 15 is 0 Å². The highest BCUT2D eigenvalue weighted by atomic mass is 16.6. The van der Waals surface area contributed by atoms with Gasteiger partial charge in [0.25, 0.3) is 0 Å². The van der Waals surface area contributed by atoms with E-state index in [1.54, 1.807) is 62.4 Å². The van der Waals surface area contributed by atoms with Gasteiger partial charge in [-0.3, -0.25) is 0 Å². The molecule has 0 heterocycles.